The lowest BCUT2D eigenvalue weighted by Crippen LogP contribution is -2.27. The number of rotatable bonds is 9. The van der Waals surface area contributed by atoms with E-state index in [9.17, 15) is 10.1 Å². The minimum atomic E-state index is -0.315. The van der Waals surface area contributed by atoms with Gasteiger partial charge in [0.1, 0.15) is 0 Å². The van der Waals surface area contributed by atoms with Crippen molar-refractivity contribution in [1.29, 1.82) is 0 Å². The van der Waals surface area contributed by atoms with Crippen molar-refractivity contribution in [3.8, 4) is 0 Å². The second kappa shape index (κ2) is 7.41. The van der Waals surface area contributed by atoms with Gasteiger partial charge < -0.3 is 5.32 Å². The topological polar surface area (TPSA) is 58.4 Å². The Labute approximate surface area is 126 Å². The number of hydrogen-bond donors (Lipinski definition) is 1. The molecule has 0 amide bonds. The smallest absolute Gasteiger partial charge is 0.269 e. The van der Waals surface area contributed by atoms with E-state index in [1.807, 2.05) is 13.0 Å². The molecule has 21 heavy (non-hydrogen) atoms. The zero-order chi connectivity index (χ0) is 15.2. The largest absolute Gasteiger partial charge is 0.385 e. The van der Waals surface area contributed by atoms with Gasteiger partial charge in [0, 0.05) is 37.5 Å². The van der Waals surface area contributed by atoms with E-state index in [1.54, 1.807) is 12.1 Å². The molecule has 1 fully saturated rings. The number of nitro groups is 1. The van der Waals surface area contributed by atoms with Crippen LogP contribution in [0.1, 0.15) is 38.7 Å². The minimum Gasteiger partial charge on any atom is -0.385 e. The molecule has 0 aliphatic heterocycles. The Balaban J connectivity index is 2.16. The van der Waals surface area contributed by atoms with Crippen LogP contribution < -0.4 is 5.32 Å². The minimum absolute atomic E-state index is 0.175. The van der Waals surface area contributed by atoms with Crippen LogP contribution >= 0.6 is 0 Å². The molecule has 2 rings (SSSR count). The van der Waals surface area contributed by atoms with Gasteiger partial charge in [-0.15, -0.1) is 0 Å². The quantitative estimate of drug-likeness (QED) is 0.557. The summed E-state index contributed by atoms with van der Waals surface area (Å²) in [5, 5.41) is 14.3. The predicted octanol–water partition coefficient (Wildman–Crippen LogP) is 3.65. The second-order valence-electron chi connectivity index (χ2n) is 5.81. The first-order chi connectivity index (χ1) is 10.1. The van der Waals surface area contributed by atoms with Crippen LogP contribution in [-0.2, 0) is 6.54 Å². The SMILES string of the molecule is CCCN(Cc1cc([N+](=O)[O-])ccc1NCC)CC1CC1. The number of non-ortho nitro benzene ring substituents is 1. The number of nitrogens with one attached hydrogen (secondary N) is 1. The van der Waals surface area contributed by atoms with Crippen molar-refractivity contribution in [1.82, 2.24) is 4.90 Å². The van der Waals surface area contributed by atoms with Gasteiger partial charge in [-0.25, -0.2) is 0 Å². The molecular formula is C16H25N3O2. The Bertz CT molecular complexity index is 486. The van der Waals surface area contributed by atoms with Crippen LogP contribution in [0, 0.1) is 16.0 Å². The first-order valence-corrected chi connectivity index (χ1v) is 7.87. The molecule has 0 heterocycles. The molecular weight excluding hydrogens is 266 g/mol. The molecule has 1 aliphatic carbocycles. The molecule has 0 bridgehead atoms. The van der Waals surface area contributed by atoms with Crippen molar-refractivity contribution >= 4 is 11.4 Å². The van der Waals surface area contributed by atoms with Crippen LogP contribution in [0.2, 0.25) is 0 Å². The summed E-state index contributed by atoms with van der Waals surface area (Å²) in [6.45, 7) is 7.99. The highest BCUT2D eigenvalue weighted by Gasteiger charge is 2.24. The number of hydrogen-bond acceptors (Lipinski definition) is 4. The van der Waals surface area contributed by atoms with Crippen LogP contribution in [0.25, 0.3) is 0 Å². The average Bonchev–Trinajstić information content (AvgIpc) is 3.25. The number of nitrogens with zero attached hydrogens (tertiary/aromatic N) is 2. The molecule has 5 nitrogen and oxygen atoms in total. The molecule has 0 radical (unpaired) electrons. The Morgan fingerprint density at radius 2 is 2.14 bits per heavy atom. The zero-order valence-corrected chi connectivity index (χ0v) is 13.0. The number of nitro benzene ring substituents is 1. The van der Waals surface area contributed by atoms with Crippen molar-refractivity contribution in [2.45, 2.75) is 39.7 Å². The fourth-order valence-corrected chi connectivity index (χ4v) is 2.65. The van der Waals surface area contributed by atoms with Gasteiger partial charge in [0.2, 0.25) is 0 Å². The third-order valence-corrected chi connectivity index (χ3v) is 3.81. The van der Waals surface area contributed by atoms with E-state index in [4.69, 9.17) is 0 Å². The number of anilines is 1. The van der Waals surface area contributed by atoms with Crippen LogP contribution in [0.3, 0.4) is 0 Å². The standard InChI is InChI=1S/C16H25N3O2/c1-3-9-18(11-13-5-6-13)12-14-10-15(19(20)21)7-8-16(14)17-4-2/h7-8,10,13,17H,3-6,9,11-12H2,1-2H3. The van der Waals surface area contributed by atoms with E-state index in [0.717, 1.165) is 49.8 Å². The maximum Gasteiger partial charge on any atom is 0.269 e. The highest BCUT2D eigenvalue weighted by molar-refractivity contribution is 5.56. The van der Waals surface area contributed by atoms with Gasteiger partial charge in [0.05, 0.1) is 4.92 Å². The van der Waals surface area contributed by atoms with E-state index < -0.39 is 0 Å². The molecule has 1 aromatic rings. The highest BCUT2D eigenvalue weighted by atomic mass is 16.6. The van der Waals surface area contributed by atoms with Gasteiger partial charge >= 0.3 is 0 Å². The van der Waals surface area contributed by atoms with Gasteiger partial charge in [-0.05, 0) is 50.3 Å². The van der Waals surface area contributed by atoms with Crippen molar-refractivity contribution in [2.24, 2.45) is 5.92 Å². The fraction of sp³-hybridized carbons (Fsp3) is 0.625. The molecule has 1 aliphatic rings. The van der Waals surface area contributed by atoms with Crippen LogP contribution in [0.5, 0.6) is 0 Å². The van der Waals surface area contributed by atoms with Crippen molar-refractivity contribution in [3.63, 3.8) is 0 Å². The van der Waals surface area contributed by atoms with Gasteiger partial charge in [-0.3, -0.25) is 15.0 Å². The Hall–Kier alpha value is -1.62. The summed E-state index contributed by atoms with van der Waals surface area (Å²) >= 11 is 0. The summed E-state index contributed by atoms with van der Waals surface area (Å²) in [7, 11) is 0. The van der Waals surface area contributed by atoms with E-state index in [2.05, 4.69) is 17.1 Å². The summed E-state index contributed by atoms with van der Waals surface area (Å²) < 4.78 is 0. The molecule has 1 saturated carbocycles. The van der Waals surface area contributed by atoms with Crippen LogP contribution in [0.4, 0.5) is 11.4 Å². The first-order valence-electron chi connectivity index (χ1n) is 7.87. The molecule has 5 heteroatoms. The van der Waals surface area contributed by atoms with Gasteiger partial charge in [0.25, 0.3) is 5.69 Å². The summed E-state index contributed by atoms with van der Waals surface area (Å²) in [6, 6.07) is 5.12. The maximum absolute atomic E-state index is 11.0. The lowest BCUT2D eigenvalue weighted by atomic mass is 10.1. The zero-order valence-electron chi connectivity index (χ0n) is 13.0. The van der Waals surface area contributed by atoms with Gasteiger partial charge in [-0.1, -0.05) is 6.92 Å². The Morgan fingerprint density at radius 1 is 1.38 bits per heavy atom. The molecule has 0 atom stereocenters. The molecule has 116 valence electrons. The molecule has 0 saturated heterocycles. The molecule has 0 aromatic heterocycles. The summed E-state index contributed by atoms with van der Waals surface area (Å²) in [5.74, 6) is 0.831. The molecule has 1 N–H and O–H groups in total. The lowest BCUT2D eigenvalue weighted by Gasteiger charge is -2.23. The average molecular weight is 291 g/mol. The van der Waals surface area contributed by atoms with E-state index in [0.29, 0.717) is 0 Å². The van der Waals surface area contributed by atoms with Crippen LogP contribution in [-0.4, -0.2) is 29.5 Å². The molecule has 1 aromatic carbocycles. The monoisotopic (exact) mass is 291 g/mol. The summed E-state index contributed by atoms with van der Waals surface area (Å²) in [5.41, 5.74) is 2.22. The van der Waals surface area contributed by atoms with Crippen molar-refractivity contribution in [3.05, 3.63) is 33.9 Å². The van der Waals surface area contributed by atoms with Crippen molar-refractivity contribution < 1.29 is 4.92 Å². The second-order valence-corrected chi connectivity index (χ2v) is 5.81. The van der Waals surface area contributed by atoms with Gasteiger partial charge in [-0.2, -0.15) is 0 Å². The fourth-order valence-electron chi connectivity index (χ4n) is 2.65. The predicted molar refractivity (Wildman–Crippen MR) is 85.6 cm³/mol. The van der Waals surface area contributed by atoms with Crippen molar-refractivity contribution in [2.75, 3.05) is 25.0 Å². The lowest BCUT2D eigenvalue weighted by molar-refractivity contribution is -0.384. The molecule has 0 unspecified atom stereocenters. The third-order valence-electron chi connectivity index (χ3n) is 3.81. The van der Waals surface area contributed by atoms with Gasteiger partial charge in [0.15, 0.2) is 0 Å². The summed E-state index contributed by atoms with van der Waals surface area (Å²) in [4.78, 5) is 13.1. The number of benzene rings is 1. The Kier molecular flexibility index (Phi) is 5.56. The maximum atomic E-state index is 11.0. The Morgan fingerprint density at radius 3 is 2.71 bits per heavy atom. The summed E-state index contributed by atoms with van der Waals surface area (Å²) in [6.07, 6.45) is 3.77. The van der Waals surface area contributed by atoms with E-state index >= 15 is 0 Å². The third kappa shape index (κ3) is 4.70. The molecule has 0 spiro atoms. The normalized spacial score (nSPS) is 14.4. The highest BCUT2D eigenvalue weighted by Crippen LogP contribution is 2.31. The van der Waals surface area contributed by atoms with Crippen LogP contribution in [0.15, 0.2) is 18.2 Å². The van der Waals surface area contributed by atoms with E-state index in [-0.39, 0.29) is 10.6 Å². The first kappa shape index (κ1) is 15.8. The van der Waals surface area contributed by atoms with E-state index in [1.165, 1.54) is 12.8 Å².